The van der Waals surface area contributed by atoms with E-state index < -0.39 is 33.8 Å². The number of pyridine rings is 1. The van der Waals surface area contributed by atoms with Gasteiger partial charge in [0, 0.05) is 30.3 Å². The summed E-state index contributed by atoms with van der Waals surface area (Å²) in [5, 5.41) is 0. The number of hydrogen-bond donors (Lipinski definition) is 0. The Balaban J connectivity index is 1.69. The lowest BCUT2D eigenvalue weighted by Gasteiger charge is -2.27. The van der Waals surface area contributed by atoms with Crippen molar-refractivity contribution in [1.29, 1.82) is 0 Å². The van der Waals surface area contributed by atoms with E-state index in [2.05, 4.69) is 20.9 Å². The highest BCUT2D eigenvalue weighted by Crippen LogP contribution is 2.31. The number of amides is 2. The van der Waals surface area contributed by atoms with E-state index in [1.807, 2.05) is 0 Å². The third-order valence-electron chi connectivity index (χ3n) is 5.31. The lowest BCUT2D eigenvalue weighted by atomic mass is 10.2. The van der Waals surface area contributed by atoms with Crippen molar-refractivity contribution in [1.82, 2.24) is 9.29 Å². The van der Waals surface area contributed by atoms with Crippen LogP contribution in [-0.2, 0) is 31.0 Å². The third-order valence-corrected chi connectivity index (χ3v) is 7.71. The van der Waals surface area contributed by atoms with E-state index in [1.165, 1.54) is 49.5 Å². The molecule has 0 aliphatic carbocycles. The van der Waals surface area contributed by atoms with E-state index in [0.717, 1.165) is 9.21 Å². The van der Waals surface area contributed by atoms with Crippen LogP contribution in [0.5, 0.6) is 5.75 Å². The fourth-order valence-corrected chi connectivity index (χ4v) is 5.55. The van der Waals surface area contributed by atoms with Gasteiger partial charge in [0.15, 0.2) is 0 Å². The highest BCUT2D eigenvalue weighted by molar-refractivity contribution is 9.10. The molecule has 2 aromatic carbocycles. The summed E-state index contributed by atoms with van der Waals surface area (Å²) in [5.41, 5.74) is 0.818. The number of nitrogens with zero attached hydrogens (tertiary/aromatic N) is 3. The number of ether oxygens (including phenoxy) is 1. The number of esters is 1. The van der Waals surface area contributed by atoms with Crippen LogP contribution in [0.2, 0.25) is 0 Å². The minimum Gasteiger partial charge on any atom is -0.427 e. The number of benzene rings is 2. The van der Waals surface area contributed by atoms with Crippen molar-refractivity contribution in [2.75, 3.05) is 4.90 Å². The number of halogens is 1. The Kier molecular flexibility index (Phi) is 7.10. The van der Waals surface area contributed by atoms with Gasteiger partial charge < -0.3 is 4.74 Å². The van der Waals surface area contributed by atoms with Crippen LogP contribution in [0.25, 0.3) is 0 Å². The Morgan fingerprint density at radius 1 is 1.11 bits per heavy atom. The number of carbonyl (C=O) groups excluding carboxylic acids is 3. The van der Waals surface area contributed by atoms with Gasteiger partial charge in [-0.05, 0) is 60.2 Å². The van der Waals surface area contributed by atoms with Crippen LogP contribution in [0.15, 0.2) is 82.4 Å². The molecule has 2 amide bonds. The molecule has 1 unspecified atom stereocenters. The molecule has 1 fully saturated rings. The molecule has 0 bridgehead atoms. The highest BCUT2D eigenvalue weighted by Gasteiger charge is 2.47. The van der Waals surface area contributed by atoms with Crippen molar-refractivity contribution in [3.63, 3.8) is 0 Å². The lowest BCUT2D eigenvalue weighted by Crippen LogP contribution is -2.45. The monoisotopic (exact) mass is 557 g/mol. The first-order valence-corrected chi connectivity index (χ1v) is 12.7. The van der Waals surface area contributed by atoms with Crippen LogP contribution >= 0.6 is 15.9 Å². The standard InChI is InChI=1S/C24H20BrN3O6S/c1-16(29)34-20-8-6-19(7-9-20)28-23(30)13-22(24(28)31)27(15-17-3-2-12-26-14-17)35(32,33)21-10-4-18(25)5-11-21/h2-12,14,22H,13,15H2,1H3. The number of hydrogen-bond acceptors (Lipinski definition) is 7. The number of carbonyl (C=O) groups is 3. The van der Waals surface area contributed by atoms with Crippen LogP contribution in [0.3, 0.4) is 0 Å². The summed E-state index contributed by atoms with van der Waals surface area (Å²) < 4.78 is 34.0. The van der Waals surface area contributed by atoms with Gasteiger partial charge in [0.1, 0.15) is 11.8 Å². The van der Waals surface area contributed by atoms with Crippen molar-refractivity contribution in [2.45, 2.75) is 30.8 Å². The Hall–Kier alpha value is -3.41. The average Bonchev–Trinajstić information content (AvgIpc) is 3.12. The SMILES string of the molecule is CC(=O)Oc1ccc(N2C(=O)CC(N(Cc3cccnc3)S(=O)(=O)c3ccc(Br)cc3)C2=O)cc1. The molecule has 1 atom stereocenters. The van der Waals surface area contributed by atoms with Gasteiger partial charge in [0.2, 0.25) is 15.9 Å². The molecule has 4 rings (SSSR count). The van der Waals surface area contributed by atoms with E-state index in [4.69, 9.17) is 4.74 Å². The maximum Gasteiger partial charge on any atom is 0.308 e. The fraction of sp³-hybridized carbons (Fsp3) is 0.167. The molecule has 180 valence electrons. The second-order valence-corrected chi connectivity index (χ2v) is 10.5. The van der Waals surface area contributed by atoms with E-state index in [0.29, 0.717) is 10.0 Å². The number of imide groups is 1. The Labute approximate surface area is 210 Å². The van der Waals surface area contributed by atoms with Gasteiger partial charge in [-0.2, -0.15) is 4.31 Å². The first kappa shape index (κ1) is 24.7. The topological polar surface area (TPSA) is 114 Å². The molecule has 0 N–H and O–H groups in total. The van der Waals surface area contributed by atoms with Crippen LogP contribution < -0.4 is 9.64 Å². The lowest BCUT2D eigenvalue weighted by molar-refractivity contribution is -0.132. The van der Waals surface area contributed by atoms with Gasteiger partial charge in [-0.25, -0.2) is 13.3 Å². The molecule has 0 spiro atoms. The summed E-state index contributed by atoms with van der Waals surface area (Å²) in [6.45, 7) is 1.11. The molecular formula is C24H20BrN3O6S. The third kappa shape index (κ3) is 5.31. The minimum absolute atomic E-state index is 0.00553. The molecule has 2 heterocycles. The van der Waals surface area contributed by atoms with Crippen LogP contribution in [0, 0.1) is 0 Å². The van der Waals surface area contributed by atoms with E-state index >= 15 is 0 Å². The Morgan fingerprint density at radius 3 is 2.40 bits per heavy atom. The quantitative estimate of drug-likeness (QED) is 0.248. The van der Waals surface area contributed by atoms with Crippen LogP contribution in [0.4, 0.5) is 5.69 Å². The van der Waals surface area contributed by atoms with Crippen molar-refractivity contribution in [3.05, 3.63) is 83.1 Å². The molecule has 1 saturated heterocycles. The second-order valence-electron chi connectivity index (χ2n) is 7.74. The van der Waals surface area contributed by atoms with Crippen molar-refractivity contribution in [2.24, 2.45) is 0 Å². The van der Waals surface area contributed by atoms with Gasteiger partial charge in [-0.15, -0.1) is 0 Å². The second kappa shape index (κ2) is 10.1. The molecule has 1 aliphatic heterocycles. The zero-order valence-electron chi connectivity index (χ0n) is 18.5. The van der Waals surface area contributed by atoms with Crippen molar-refractivity contribution >= 4 is 49.4 Å². The number of sulfonamides is 1. The smallest absolute Gasteiger partial charge is 0.308 e. The number of anilines is 1. The molecule has 35 heavy (non-hydrogen) atoms. The molecule has 11 heteroatoms. The molecule has 3 aromatic rings. The van der Waals surface area contributed by atoms with Gasteiger partial charge in [0.05, 0.1) is 17.0 Å². The normalized spacial score (nSPS) is 16.1. The predicted octanol–water partition coefficient (Wildman–Crippen LogP) is 3.29. The van der Waals surface area contributed by atoms with E-state index in [9.17, 15) is 22.8 Å². The molecular weight excluding hydrogens is 538 g/mol. The van der Waals surface area contributed by atoms with Gasteiger partial charge in [-0.3, -0.25) is 19.4 Å². The van der Waals surface area contributed by atoms with Gasteiger partial charge in [0.25, 0.3) is 5.91 Å². The van der Waals surface area contributed by atoms with Crippen molar-refractivity contribution in [3.8, 4) is 5.75 Å². The van der Waals surface area contributed by atoms with Gasteiger partial charge in [-0.1, -0.05) is 22.0 Å². The zero-order chi connectivity index (χ0) is 25.2. The largest absolute Gasteiger partial charge is 0.427 e. The molecule has 0 saturated carbocycles. The summed E-state index contributed by atoms with van der Waals surface area (Å²) >= 11 is 3.29. The summed E-state index contributed by atoms with van der Waals surface area (Å²) in [4.78, 5) is 42.5. The molecule has 1 aliphatic rings. The maximum absolute atomic E-state index is 13.6. The molecule has 1 aromatic heterocycles. The molecule has 0 radical (unpaired) electrons. The Morgan fingerprint density at radius 2 is 1.80 bits per heavy atom. The molecule has 9 nitrogen and oxygen atoms in total. The average molecular weight is 558 g/mol. The first-order chi connectivity index (χ1) is 16.7. The van der Waals surface area contributed by atoms with E-state index in [-0.39, 0.29) is 29.3 Å². The predicted molar refractivity (Wildman–Crippen MR) is 130 cm³/mol. The zero-order valence-corrected chi connectivity index (χ0v) is 20.9. The maximum atomic E-state index is 13.6. The summed E-state index contributed by atoms with van der Waals surface area (Å²) in [5.74, 6) is -1.45. The minimum atomic E-state index is -4.15. The van der Waals surface area contributed by atoms with Crippen molar-refractivity contribution < 1.29 is 27.5 Å². The fourth-order valence-electron chi connectivity index (χ4n) is 3.72. The summed E-state index contributed by atoms with van der Waals surface area (Å²) in [7, 11) is -4.15. The van der Waals surface area contributed by atoms with Crippen LogP contribution in [0.1, 0.15) is 18.9 Å². The first-order valence-electron chi connectivity index (χ1n) is 10.5. The number of aromatic nitrogens is 1. The van der Waals surface area contributed by atoms with Gasteiger partial charge >= 0.3 is 5.97 Å². The van der Waals surface area contributed by atoms with E-state index in [1.54, 1.807) is 30.5 Å². The number of rotatable bonds is 7. The summed E-state index contributed by atoms with van der Waals surface area (Å²) in [6, 6.07) is 14.0. The van der Waals surface area contributed by atoms with Crippen LogP contribution in [-0.4, -0.2) is 41.5 Å². The highest BCUT2D eigenvalue weighted by atomic mass is 79.9. The Bertz CT molecular complexity index is 1360. The summed E-state index contributed by atoms with van der Waals surface area (Å²) in [6.07, 6.45) is 2.75.